The fourth-order valence-corrected chi connectivity index (χ4v) is 2.74. The number of hydrogen-bond acceptors (Lipinski definition) is 2. The van der Waals surface area contributed by atoms with Crippen LogP contribution in [0.25, 0.3) is 0 Å². The summed E-state index contributed by atoms with van der Waals surface area (Å²) in [6.07, 6.45) is -0.0535. The van der Waals surface area contributed by atoms with Crippen molar-refractivity contribution in [2.75, 3.05) is 13.1 Å². The van der Waals surface area contributed by atoms with E-state index in [1.165, 1.54) is 0 Å². The van der Waals surface area contributed by atoms with Crippen molar-refractivity contribution >= 4 is 47.2 Å². The minimum Gasteiger partial charge on any atom is -0.485 e. The molecule has 1 N–H and O–H groups in total. The Morgan fingerprint density at radius 1 is 0.955 bits per heavy atom. The number of ether oxygens (including phenoxy) is 1. The standard InChI is InChI=1S/C16H14Cl3NO.ClH/c17-12-2-4-13(5-3-12)21-16(11-8-20-9-11)10-1-6-14(18)15(19)7-10;/h1-7,11,16,20H,8-9H2;1H/t16-;/m1./s1. The van der Waals surface area contributed by atoms with E-state index in [4.69, 9.17) is 39.5 Å². The lowest BCUT2D eigenvalue weighted by atomic mass is 9.91. The molecule has 1 heterocycles. The van der Waals surface area contributed by atoms with E-state index in [2.05, 4.69) is 5.32 Å². The number of halogens is 4. The van der Waals surface area contributed by atoms with Crippen molar-refractivity contribution in [3.63, 3.8) is 0 Å². The average molecular weight is 379 g/mol. The molecule has 0 unspecified atom stereocenters. The normalized spacial score (nSPS) is 15.6. The van der Waals surface area contributed by atoms with Crippen LogP contribution in [0.5, 0.6) is 5.75 Å². The molecule has 3 rings (SSSR count). The zero-order valence-corrected chi connectivity index (χ0v) is 14.6. The summed E-state index contributed by atoms with van der Waals surface area (Å²) in [4.78, 5) is 0. The first-order valence-electron chi connectivity index (χ1n) is 6.71. The maximum Gasteiger partial charge on any atom is 0.129 e. The number of hydrogen-bond donors (Lipinski definition) is 1. The van der Waals surface area contributed by atoms with Gasteiger partial charge in [-0.2, -0.15) is 0 Å². The molecule has 0 spiro atoms. The van der Waals surface area contributed by atoms with E-state index in [0.29, 0.717) is 21.0 Å². The molecule has 1 saturated heterocycles. The molecule has 22 heavy (non-hydrogen) atoms. The van der Waals surface area contributed by atoms with Gasteiger partial charge < -0.3 is 10.1 Å². The first-order chi connectivity index (χ1) is 10.1. The van der Waals surface area contributed by atoms with Crippen LogP contribution >= 0.6 is 47.2 Å². The molecule has 1 aliphatic heterocycles. The third-order valence-electron chi connectivity index (χ3n) is 3.59. The van der Waals surface area contributed by atoms with Gasteiger partial charge in [0.25, 0.3) is 0 Å². The van der Waals surface area contributed by atoms with E-state index < -0.39 is 0 Å². The number of nitrogens with one attached hydrogen (secondary N) is 1. The van der Waals surface area contributed by atoms with E-state index in [-0.39, 0.29) is 18.5 Å². The molecular weight excluding hydrogens is 364 g/mol. The fraction of sp³-hybridized carbons (Fsp3) is 0.250. The summed E-state index contributed by atoms with van der Waals surface area (Å²) in [6, 6.07) is 13.0. The van der Waals surface area contributed by atoms with Crippen molar-refractivity contribution in [2.24, 2.45) is 5.92 Å². The molecule has 1 fully saturated rings. The van der Waals surface area contributed by atoms with E-state index in [1.807, 2.05) is 42.5 Å². The second-order valence-electron chi connectivity index (χ2n) is 5.08. The van der Waals surface area contributed by atoms with E-state index in [1.54, 1.807) is 0 Å². The van der Waals surface area contributed by atoms with E-state index in [9.17, 15) is 0 Å². The van der Waals surface area contributed by atoms with Crippen molar-refractivity contribution in [2.45, 2.75) is 6.10 Å². The molecule has 6 heteroatoms. The molecule has 0 aromatic heterocycles. The van der Waals surface area contributed by atoms with Crippen LogP contribution in [-0.2, 0) is 0 Å². The summed E-state index contributed by atoms with van der Waals surface area (Å²) < 4.78 is 6.15. The van der Waals surface area contributed by atoms with Crippen LogP contribution in [0.4, 0.5) is 0 Å². The van der Waals surface area contributed by atoms with Gasteiger partial charge >= 0.3 is 0 Å². The van der Waals surface area contributed by atoms with Crippen LogP contribution in [0.2, 0.25) is 15.1 Å². The van der Waals surface area contributed by atoms with Crippen molar-refractivity contribution in [1.82, 2.24) is 5.32 Å². The Morgan fingerprint density at radius 3 is 2.18 bits per heavy atom. The Morgan fingerprint density at radius 2 is 1.64 bits per heavy atom. The van der Waals surface area contributed by atoms with Crippen molar-refractivity contribution < 1.29 is 4.74 Å². The van der Waals surface area contributed by atoms with Gasteiger partial charge in [0.15, 0.2) is 0 Å². The predicted molar refractivity (Wildman–Crippen MR) is 94.9 cm³/mol. The molecule has 0 saturated carbocycles. The molecule has 1 atom stereocenters. The lowest BCUT2D eigenvalue weighted by Crippen LogP contribution is -2.46. The molecule has 2 aromatic carbocycles. The molecule has 2 aromatic rings. The zero-order chi connectivity index (χ0) is 14.8. The van der Waals surface area contributed by atoms with Gasteiger partial charge in [-0.05, 0) is 42.0 Å². The first kappa shape index (κ1) is 17.7. The van der Waals surface area contributed by atoms with Crippen LogP contribution in [0, 0.1) is 5.92 Å². The highest BCUT2D eigenvalue weighted by atomic mass is 35.5. The van der Waals surface area contributed by atoms with Gasteiger partial charge in [-0.25, -0.2) is 0 Å². The lowest BCUT2D eigenvalue weighted by Gasteiger charge is -2.35. The second kappa shape index (κ2) is 7.76. The zero-order valence-electron chi connectivity index (χ0n) is 11.6. The summed E-state index contributed by atoms with van der Waals surface area (Å²) in [6.45, 7) is 1.86. The summed E-state index contributed by atoms with van der Waals surface area (Å²) >= 11 is 18.0. The smallest absolute Gasteiger partial charge is 0.129 e. The third-order valence-corrected chi connectivity index (χ3v) is 4.58. The highest BCUT2D eigenvalue weighted by Crippen LogP contribution is 2.34. The maximum absolute atomic E-state index is 6.15. The van der Waals surface area contributed by atoms with Gasteiger partial charge in [-0.15, -0.1) is 12.4 Å². The summed E-state index contributed by atoms with van der Waals surface area (Å²) in [5.74, 6) is 1.21. The largest absolute Gasteiger partial charge is 0.485 e. The van der Waals surface area contributed by atoms with Gasteiger partial charge in [-0.1, -0.05) is 40.9 Å². The topological polar surface area (TPSA) is 21.3 Å². The molecule has 0 aliphatic carbocycles. The highest BCUT2D eigenvalue weighted by Gasteiger charge is 2.30. The van der Waals surface area contributed by atoms with Crippen molar-refractivity contribution in [1.29, 1.82) is 0 Å². The quantitative estimate of drug-likeness (QED) is 0.767. The monoisotopic (exact) mass is 377 g/mol. The summed E-state index contributed by atoms with van der Waals surface area (Å²) in [5.41, 5.74) is 1.03. The van der Waals surface area contributed by atoms with Gasteiger partial charge in [0.1, 0.15) is 11.9 Å². The maximum atomic E-state index is 6.15. The Balaban J connectivity index is 0.00000176. The summed E-state index contributed by atoms with van der Waals surface area (Å²) in [5, 5.41) is 5.07. The minimum atomic E-state index is -0.0535. The summed E-state index contributed by atoms with van der Waals surface area (Å²) in [7, 11) is 0. The first-order valence-corrected chi connectivity index (χ1v) is 7.85. The molecule has 1 aliphatic rings. The number of benzene rings is 2. The van der Waals surface area contributed by atoms with Crippen molar-refractivity contribution in [3.8, 4) is 5.75 Å². The number of rotatable bonds is 4. The second-order valence-corrected chi connectivity index (χ2v) is 6.34. The highest BCUT2D eigenvalue weighted by molar-refractivity contribution is 6.42. The fourth-order valence-electron chi connectivity index (χ4n) is 2.31. The molecule has 0 radical (unpaired) electrons. The molecule has 118 valence electrons. The molecule has 0 amide bonds. The average Bonchev–Trinajstić information content (AvgIpc) is 2.41. The Labute approximate surface area is 151 Å². The molecular formula is C16H15Cl4NO. The van der Waals surface area contributed by atoms with Crippen LogP contribution in [0.15, 0.2) is 42.5 Å². The van der Waals surface area contributed by atoms with Gasteiger partial charge in [0.05, 0.1) is 10.0 Å². The predicted octanol–water partition coefficient (Wildman–Crippen LogP) is 5.41. The van der Waals surface area contributed by atoms with Gasteiger partial charge in [0.2, 0.25) is 0 Å². The van der Waals surface area contributed by atoms with Crippen LogP contribution in [0.3, 0.4) is 0 Å². The lowest BCUT2D eigenvalue weighted by molar-refractivity contribution is 0.0993. The van der Waals surface area contributed by atoms with Gasteiger partial charge in [-0.3, -0.25) is 0 Å². The molecule has 2 nitrogen and oxygen atoms in total. The van der Waals surface area contributed by atoms with Gasteiger partial charge in [0, 0.05) is 24.0 Å². The minimum absolute atomic E-state index is 0. The Bertz CT molecular complexity index is 629. The Kier molecular flexibility index (Phi) is 6.25. The third kappa shape index (κ3) is 4.01. The van der Waals surface area contributed by atoms with Crippen LogP contribution in [0.1, 0.15) is 11.7 Å². The SMILES string of the molecule is Cl.Clc1ccc(O[C@H](c2ccc(Cl)c(Cl)c2)C2CNC2)cc1. The van der Waals surface area contributed by atoms with E-state index >= 15 is 0 Å². The van der Waals surface area contributed by atoms with Crippen LogP contribution in [-0.4, -0.2) is 13.1 Å². The molecule has 0 bridgehead atoms. The van der Waals surface area contributed by atoms with Crippen LogP contribution < -0.4 is 10.1 Å². The van der Waals surface area contributed by atoms with E-state index in [0.717, 1.165) is 24.4 Å². The van der Waals surface area contributed by atoms with Crippen molar-refractivity contribution in [3.05, 3.63) is 63.1 Å². The Hall–Kier alpha value is -0.640.